The molecule has 1 aliphatic rings. The number of nitrogen functional groups attached to an aromatic ring is 1. The minimum Gasteiger partial charge on any atom is -0.384 e. The molecule has 15 heavy (non-hydrogen) atoms. The Morgan fingerprint density at radius 3 is 2.20 bits per heavy atom. The molecule has 1 heterocycles. The third-order valence-electron chi connectivity index (χ3n) is 2.19. The first-order valence-corrected chi connectivity index (χ1v) is 5.92. The van der Waals surface area contributed by atoms with Gasteiger partial charge < -0.3 is 11.1 Å². The van der Waals surface area contributed by atoms with Crippen molar-refractivity contribution in [3.63, 3.8) is 0 Å². The first-order valence-electron chi connectivity index (χ1n) is 5.13. The lowest BCUT2D eigenvalue weighted by molar-refractivity contribution is 0.663. The van der Waals surface area contributed by atoms with Crippen LogP contribution in [0.2, 0.25) is 0 Å². The summed E-state index contributed by atoms with van der Waals surface area (Å²) in [6, 6.07) is 5.41. The molecule has 1 aromatic rings. The average molecular weight is 270 g/mol. The molecule has 3 nitrogen and oxygen atoms in total. The van der Waals surface area contributed by atoms with Gasteiger partial charge in [0, 0.05) is 5.71 Å². The van der Waals surface area contributed by atoms with Crippen molar-refractivity contribution in [3.8, 4) is 0 Å². The fraction of sp³-hybridized carbons (Fsp3) is 0.455. The summed E-state index contributed by atoms with van der Waals surface area (Å²) in [6.07, 6.45) is 6.01. The van der Waals surface area contributed by atoms with Crippen LogP contribution < -0.4 is 5.73 Å². The summed E-state index contributed by atoms with van der Waals surface area (Å²) in [4.78, 5) is 3.87. The van der Waals surface area contributed by atoms with Gasteiger partial charge in [0.15, 0.2) is 0 Å². The van der Waals surface area contributed by atoms with Crippen LogP contribution in [0.3, 0.4) is 0 Å². The van der Waals surface area contributed by atoms with Crippen LogP contribution in [-0.4, -0.2) is 10.7 Å². The molecule has 1 saturated carbocycles. The quantitative estimate of drug-likeness (QED) is 0.710. The number of aromatic nitrogens is 1. The van der Waals surface area contributed by atoms with Crippen molar-refractivity contribution >= 4 is 27.5 Å². The molecule has 0 aromatic carbocycles. The molecule has 3 N–H and O–H groups in total. The van der Waals surface area contributed by atoms with Gasteiger partial charge in [0.2, 0.25) is 0 Å². The maximum Gasteiger partial charge on any atom is 0.124 e. The van der Waals surface area contributed by atoms with Crippen molar-refractivity contribution in [2.45, 2.75) is 32.1 Å². The first-order chi connectivity index (χ1) is 7.18. The number of nitrogens with two attached hydrogens (primary N) is 1. The third-order valence-corrected chi connectivity index (χ3v) is 2.64. The number of halogens is 1. The molecule has 1 aliphatic carbocycles. The number of anilines is 1. The van der Waals surface area contributed by atoms with Crippen molar-refractivity contribution in [1.82, 2.24) is 4.98 Å². The van der Waals surface area contributed by atoms with Crippen LogP contribution in [-0.2, 0) is 0 Å². The fourth-order valence-corrected chi connectivity index (χ4v) is 1.76. The summed E-state index contributed by atoms with van der Waals surface area (Å²) in [5.74, 6) is 0.541. The van der Waals surface area contributed by atoms with Crippen LogP contribution in [0.15, 0.2) is 22.8 Å². The van der Waals surface area contributed by atoms with Gasteiger partial charge in [-0.25, -0.2) is 4.98 Å². The predicted molar refractivity (Wildman–Crippen MR) is 67.2 cm³/mol. The van der Waals surface area contributed by atoms with E-state index in [0.717, 1.165) is 23.2 Å². The Morgan fingerprint density at radius 2 is 1.87 bits per heavy atom. The first kappa shape index (κ1) is 12.2. The Morgan fingerprint density at radius 1 is 1.20 bits per heavy atom. The molecule has 0 saturated heterocycles. The zero-order valence-electron chi connectivity index (χ0n) is 8.67. The molecule has 0 atom stereocenters. The number of nitrogens with zero attached hydrogens (tertiary/aromatic N) is 1. The van der Waals surface area contributed by atoms with Crippen LogP contribution in [0.25, 0.3) is 0 Å². The van der Waals surface area contributed by atoms with Crippen LogP contribution >= 0.6 is 15.9 Å². The molecule has 82 valence electrons. The molecule has 0 amide bonds. The van der Waals surface area contributed by atoms with Crippen LogP contribution in [0, 0.1) is 5.41 Å². The molecule has 2 rings (SSSR count). The van der Waals surface area contributed by atoms with Gasteiger partial charge >= 0.3 is 0 Å². The van der Waals surface area contributed by atoms with Gasteiger partial charge in [0.05, 0.1) is 0 Å². The number of rotatable bonds is 0. The highest BCUT2D eigenvalue weighted by Gasteiger charge is 2.02. The average Bonchev–Trinajstić information content (AvgIpc) is 2.19. The molecule has 0 bridgehead atoms. The zero-order chi connectivity index (χ0) is 11.1. The number of nitrogens with one attached hydrogen (secondary N) is 1. The number of hydrogen-bond acceptors (Lipinski definition) is 3. The largest absolute Gasteiger partial charge is 0.384 e. The van der Waals surface area contributed by atoms with E-state index in [1.165, 1.54) is 19.3 Å². The lowest BCUT2D eigenvalue weighted by Gasteiger charge is -2.08. The summed E-state index contributed by atoms with van der Waals surface area (Å²) in [5, 5.41) is 7.19. The van der Waals surface area contributed by atoms with E-state index in [4.69, 9.17) is 11.1 Å². The van der Waals surface area contributed by atoms with Gasteiger partial charge in [0.25, 0.3) is 0 Å². The molecular formula is C11H16BrN3. The molecule has 0 aliphatic heterocycles. The van der Waals surface area contributed by atoms with E-state index in [2.05, 4.69) is 20.9 Å². The molecule has 1 fully saturated rings. The topological polar surface area (TPSA) is 62.8 Å². The molecule has 0 spiro atoms. The highest BCUT2D eigenvalue weighted by molar-refractivity contribution is 9.10. The minimum absolute atomic E-state index is 0.541. The van der Waals surface area contributed by atoms with Crippen molar-refractivity contribution in [2.24, 2.45) is 0 Å². The monoisotopic (exact) mass is 269 g/mol. The molecule has 1 aromatic heterocycles. The second kappa shape index (κ2) is 6.56. The van der Waals surface area contributed by atoms with Crippen molar-refractivity contribution in [3.05, 3.63) is 22.8 Å². The molecule has 0 radical (unpaired) electrons. The highest BCUT2D eigenvalue weighted by atomic mass is 79.9. The van der Waals surface area contributed by atoms with Crippen LogP contribution in [0.4, 0.5) is 5.82 Å². The Bertz CT molecular complexity index is 300. The van der Waals surface area contributed by atoms with Crippen molar-refractivity contribution in [2.75, 3.05) is 5.73 Å². The smallest absolute Gasteiger partial charge is 0.124 e. The summed E-state index contributed by atoms with van der Waals surface area (Å²) in [5.41, 5.74) is 6.28. The normalized spacial score (nSPS) is 15.4. The SMILES string of the molecule is N=C1CCCCC1.Nc1cccc(Br)n1. The van der Waals surface area contributed by atoms with Gasteiger partial charge in [-0.15, -0.1) is 0 Å². The van der Waals surface area contributed by atoms with Crippen molar-refractivity contribution in [1.29, 1.82) is 5.41 Å². The van der Waals surface area contributed by atoms with E-state index in [1.807, 2.05) is 12.1 Å². The molecule has 4 heteroatoms. The van der Waals surface area contributed by atoms with E-state index in [9.17, 15) is 0 Å². The van der Waals surface area contributed by atoms with Gasteiger partial charge in [-0.1, -0.05) is 12.5 Å². The van der Waals surface area contributed by atoms with Crippen LogP contribution in [0.5, 0.6) is 0 Å². The second-order valence-corrected chi connectivity index (χ2v) is 4.36. The predicted octanol–water partition coefficient (Wildman–Crippen LogP) is 3.40. The zero-order valence-corrected chi connectivity index (χ0v) is 10.3. The lowest BCUT2D eigenvalue weighted by atomic mass is 9.99. The highest BCUT2D eigenvalue weighted by Crippen LogP contribution is 2.12. The molecule has 0 unspecified atom stereocenters. The minimum atomic E-state index is 0.541. The lowest BCUT2D eigenvalue weighted by Crippen LogP contribution is -2.01. The Kier molecular flexibility index (Phi) is 5.32. The van der Waals surface area contributed by atoms with Crippen LogP contribution in [0.1, 0.15) is 32.1 Å². The summed E-state index contributed by atoms with van der Waals surface area (Å²) >= 11 is 3.17. The number of hydrogen-bond donors (Lipinski definition) is 2. The Hall–Kier alpha value is -0.900. The summed E-state index contributed by atoms with van der Waals surface area (Å²) in [6.45, 7) is 0. The maximum atomic E-state index is 7.19. The van der Waals surface area contributed by atoms with Crippen molar-refractivity contribution < 1.29 is 0 Å². The van der Waals surface area contributed by atoms with Gasteiger partial charge in [-0.05, 0) is 53.7 Å². The van der Waals surface area contributed by atoms with Gasteiger partial charge in [-0.2, -0.15) is 0 Å². The summed E-state index contributed by atoms with van der Waals surface area (Å²) in [7, 11) is 0. The summed E-state index contributed by atoms with van der Waals surface area (Å²) < 4.78 is 0.775. The fourth-order valence-electron chi connectivity index (χ4n) is 1.40. The maximum absolute atomic E-state index is 7.19. The van der Waals surface area contributed by atoms with E-state index < -0.39 is 0 Å². The van der Waals surface area contributed by atoms with E-state index in [0.29, 0.717) is 5.82 Å². The van der Waals surface area contributed by atoms with E-state index in [1.54, 1.807) is 6.07 Å². The Labute approximate surface area is 98.7 Å². The van der Waals surface area contributed by atoms with E-state index in [-0.39, 0.29) is 0 Å². The van der Waals surface area contributed by atoms with Gasteiger partial charge in [0.1, 0.15) is 10.4 Å². The third kappa shape index (κ3) is 5.52. The standard InChI is InChI=1S/C6H11N.C5H5BrN2/c7-6-4-2-1-3-5-6;6-4-2-1-3-5(7)8-4/h7H,1-5H2;1-3H,(H2,7,8). The second-order valence-electron chi connectivity index (χ2n) is 3.55. The number of pyridine rings is 1. The Balaban J connectivity index is 0.000000151. The van der Waals surface area contributed by atoms with E-state index >= 15 is 0 Å². The van der Waals surface area contributed by atoms with Gasteiger partial charge in [-0.3, -0.25) is 0 Å². The molecular weight excluding hydrogens is 254 g/mol.